The normalized spacial score (nSPS) is 10.4. The van der Waals surface area contributed by atoms with Crippen molar-refractivity contribution in [2.24, 2.45) is 0 Å². The van der Waals surface area contributed by atoms with E-state index < -0.39 is 6.09 Å². The number of hydrogen-bond donors (Lipinski definition) is 1. The lowest BCUT2D eigenvalue weighted by molar-refractivity contribution is 0.204. The molecule has 1 rings (SSSR count). The van der Waals surface area contributed by atoms with E-state index in [0.29, 0.717) is 10.8 Å². The summed E-state index contributed by atoms with van der Waals surface area (Å²) in [5.41, 5.74) is 0. The van der Waals surface area contributed by atoms with Crippen LogP contribution in [-0.2, 0) is 0 Å². The predicted molar refractivity (Wildman–Crippen MR) is 64.7 cm³/mol. The number of ether oxygens (including phenoxy) is 1. The van der Waals surface area contributed by atoms with E-state index in [4.69, 9.17) is 16.3 Å². The van der Waals surface area contributed by atoms with E-state index in [0.717, 1.165) is 12.8 Å². The fraction of sp³-hybridized carbons (Fsp3) is 0.250. The highest BCUT2D eigenvalue weighted by Crippen LogP contribution is 2.22. The summed E-state index contributed by atoms with van der Waals surface area (Å²) in [4.78, 5) is 11.3. The van der Waals surface area contributed by atoms with Gasteiger partial charge in [0.2, 0.25) is 0 Å². The Bertz CT molecular complexity index is 377. The van der Waals surface area contributed by atoms with Gasteiger partial charge in [0.1, 0.15) is 0 Å². The number of amides is 1. The maximum absolute atomic E-state index is 11.3. The average Bonchev–Trinajstić information content (AvgIpc) is 2.28. The lowest BCUT2D eigenvalue weighted by Gasteiger charge is -2.04. The van der Waals surface area contributed by atoms with Gasteiger partial charge in [0.05, 0.1) is 5.02 Å². The zero-order valence-corrected chi connectivity index (χ0v) is 9.83. The number of allylic oxidation sites excluding steroid dienone is 1. The van der Waals surface area contributed by atoms with E-state index in [9.17, 15) is 4.79 Å². The maximum atomic E-state index is 11.3. The van der Waals surface area contributed by atoms with Crippen LogP contribution in [0.1, 0.15) is 19.8 Å². The van der Waals surface area contributed by atoms with Gasteiger partial charge >= 0.3 is 6.09 Å². The molecule has 0 atom stereocenters. The summed E-state index contributed by atoms with van der Waals surface area (Å²) in [5, 5.41) is 2.91. The molecule has 0 fully saturated rings. The Morgan fingerprint density at radius 2 is 2.25 bits per heavy atom. The van der Waals surface area contributed by atoms with Crippen LogP contribution in [0.15, 0.2) is 36.5 Å². The van der Waals surface area contributed by atoms with Crippen molar-refractivity contribution in [1.82, 2.24) is 5.32 Å². The zero-order valence-electron chi connectivity index (χ0n) is 9.07. The number of nitrogens with one attached hydrogen (secondary N) is 1. The summed E-state index contributed by atoms with van der Waals surface area (Å²) >= 11 is 5.83. The van der Waals surface area contributed by atoms with Crippen molar-refractivity contribution in [3.05, 3.63) is 41.6 Å². The average molecular weight is 240 g/mol. The molecule has 0 aliphatic carbocycles. The Morgan fingerprint density at radius 1 is 1.50 bits per heavy atom. The minimum Gasteiger partial charge on any atom is -0.409 e. The summed E-state index contributed by atoms with van der Waals surface area (Å²) in [5.74, 6) is 0.352. The zero-order chi connectivity index (χ0) is 11.8. The molecule has 0 radical (unpaired) electrons. The molecule has 3 nitrogen and oxygen atoms in total. The van der Waals surface area contributed by atoms with Gasteiger partial charge in [-0.05, 0) is 18.6 Å². The van der Waals surface area contributed by atoms with E-state index in [-0.39, 0.29) is 0 Å². The number of hydrogen-bond acceptors (Lipinski definition) is 2. The first-order valence-electron chi connectivity index (χ1n) is 5.12. The molecule has 86 valence electrons. The quantitative estimate of drug-likeness (QED) is 0.869. The molecule has 0 spiro atoms. The highest BCUT2D eigenvalue weighted by molar-refractivity contribution is 6.32. The molecule has 0 aliphatic rings. The Morgan fingerprint density at radius 3 is 2.94 bits per heavy atom. The molecule has 1 aromatic rings. The molecule has 16 heavy (non-hydrogen) atoms. The molecule has 0 bridgehead atoms. The minimum absolute atomic E-state index is 0.352. The Hall–Kier alpha value is -1.48. The van der Waals surface area contributed by atoms with Gasteiger partial charge in [-0.3, -0.25) is 5.32 Å². The number of carbonyl (C=O) groups excluding carboxylic acids is 1. The van der Waals surface area contributed by atoms with Crippen LogP contribution in [0, 0.1) is 0 Å². The van der Waals surface area contributed by atoms with Gasteiger partial charge in [0.15, 0.2) is 5.75 Å². The van der Waals surface area contributed by atoms with E-state index in [1.165, 1.54) is 0 Å². The number of halogens is 1. The lowest BCUT2D eigenvalue weighted by Crippen LogP contribution is -2.21. The van der Waals surface area contributed by atoms with Crippen LogP contribution < -0.4 is 10.1 Å². The summed E-state index contributed by atoms with van der Waals surface area (Å²) < 4.78 is 4.99. The van der Waals surface area contributed by atoms with Crippen LogP contribution >= 0.6 is 11.6 Å². The number of carbonyl (C=O) groups is 1. The smallest absolute Gasteiger partial charge is 0.409 e. The van der Waals surface area contributed by atoms with Gasteiger partial charge in [-0.1, -0.05) is 43.2 Å². The second-order valence-corrected chi connectivity index (χ2v) is 3.56. The van der Waals surface area contributed by atoms with E-state index in [1.807, 2.05) is 6.08 Å². The van der Waals surface area contributed by atoms with Gasteiger partial charge < -0.3 is 4.74 Å². The molecule has 4 heteroatoms. The van der Waals surface area contributed by atoms with Crippen LogP contribution in [0.5, 0.6) is 5.75 Å². The number of unbranched alkanes of at least 4 members (excludes halogenated alkanes) is 1. The lowest BCUT2D eigenvalue weighted by atomic mass is 10.3. The highest BCUT2D eigenvalue weighted by Gasteiger charge is 2.04. The highest BCUT2D eigenvalue weighted by atomic mass is 35.5. The van der Waals surface area contributed by atoms with Gasteiger partial charge in [0, 0.05) is 6.20 Å². The monoisotopic (exact) mass is 239 g/mol. The van der Waals surface area contributed by atoms with Crippen molar-refractivity contribution in [3.8, 4) is 5.75 Å². The van der Waals surface area contributed by atoms with Gasteiger partial charge in [-0.25, -0.2) is 4.79 Å². The van der Waals surface area contributed by atoms with E-state index in [1.54, 1.807) is 30.5 Å². The topological polar surface area (TPSA) is 38.3 Å². The summed E-state index contributed by atoms with van der Waals surface area (Å²) in [7, 11) is 0. The van der Waals surface area contributed by atoms with Crippen LogP contribution in [0.2, 0.25) is 5.02 Å². The van der Waals surface area contributed by atoms with Gasteiger partial charge in [-0.15, -0.1) is 0 Å². The Balaban J connectivity index is 2.43. The number of benzene rings is 1. The summed E-state index contributed by atoms with van der Waals surface area (Å²) in [6.45, 7) is 2.06. The molecule has 0 aliphatic heterocycles. The van der Waals surface area contributed by atoms with Crippen molar-refractivity contribution in [2.75, 3.05) is 0 Å². The second-order valence-electron chi connectivity index (χ2n) is 3.16. The van der Waals surface area contributed by atoms with Crippen molar-refractivity contribution in [2.45, 2.75) is 19.8 Å². The molecule has 0 saturated heterocycles. The van der Waals surface area contributed by atoms with E-state index >= 15 is 0 Å². The molecule has 0 saturated carbocycles. The Kier molecular flexibility index (Phi) is 5.43. The standard InChI is InChI=1S/C12H14ClNO2/c1-2-3-6-9-14-12(15)16-11-8-5-4-7-10(11)13/h4-9H,2-3H2,1H3,(H,14,15). The van der Waals surface area contributed by atoms with Crippen molar-refractivity contribution >= 4 is 17.7 Å². The fourth-order valence-electron chi connectivity index (χ4n) is 1.03. The molecule has 0 aromatic heterocycles. The summed E-state index contributed by atoms with van der Waals surface area (Å²) in [6.07, 6.45) is 4.86. The molecule has 0 heterocycles. The molecule has 1 amide bonds. The van der Waals surface area contributed by atoms with Gasteiger partial charge in [0.25, 0.3) is 0 Å². The largest absolute Gasteiger partial charge is 0.416 e. The fourth-order valence-corrected chi connectivity index (χ4v) is 1.21. The molecule has 1 N–H and O–H groups in total. The van der Waals surface area contributed by atoms with Crippen molar-refractivity contribution in [3.63, 3.8) is 0 Å². The predicted octanol–water partition coefficient (Wildman–Crippen LogP) is 3.74. The molecular weight excluding hydrogens is 226 g/mol. The van der Waals surface area contributed by atoms with Crippen LogP contribution in [0.3, 0.4) is 0 Å². The first-order chi connectivity index (χ1) is 7.74. The van der Waals surface area contributed by atoms with Crippen molar-refractivity contribution < 1.29 is 9.53 Å². The van der Waals surface area contributed by atoms with Crippen molar-refractivity contribution in [1.29, 1.82) is 0 Å². The van der Waals surface area contributed by atoms with Crippen LogP contribution in [-0.4, -0.2) is 6.09 Å². The molecule has 0 unspecified atom stereocenters. The van der Waals surface area contributed by atoms with Gasteiger partial charge in [-0.2, -0.15) is 0 Å². The number of rotatable bonds is 4. The number of para-hydroxylation sites is 1. The second kappa shape index (κ2) is 6.90. The third-order valence-electron chi connectivity index (χ3n) is 1.81. The molecular formula is C12H14ClNO2. The van der Waals surface area contributed by atoms with Crippen LogP contribution in [0.4, 0.5) is 4.79 Å². The molecule has 1 aromatic carbocycles. The summed E-state index contributed by atoms with van der Waals surface area (Å²) in [6, 6.07) is 6.82. The first-order valence-corrected chi connectivity index (χ1v) is 5.49. The first kappa shape index (κ1) is 12.6. The third-order valence-corrected chi connectivity index (χ3v) is 2.13. The van der Waals surface area contributed by atoms with E-state index in [2.05, 4.69) is 12.2 Å². The Labute approximate surface area is 100 Å². The maximum Gasteiger partial charge on any atom is 0.416 e. The van der Waals surface area contributed by atoms with Crippen LogP contribution in [0.25, 0.3) is 0 Å². The SMILES string of the molecule is CCCC=CNC(=O)Oc1ccccc1Cl. The minimum atomic E-state index is -0.541. The third kappa shape index (κ3) is 4.36.